The first-order valence-corrected chi connectivity index (χ1v) is 8.06. The van der Waals surface area contributed by atoms with Crippen LogP contribution in [0.2, 0.25) is 0 Å². The van der Waals surface area contributed by atoms with Crippen LogP contribution in [0.25, 0.3) is 0 Å². The maximum atomic E-state index is 12.2. The monoisotopic (exact) mass is 295 g/mol. The Labute approximate surface area is 123 Å². The van der Waals surface area contributed by atoms with Crippen LogP contribution in [0.4, 0.5) is 5.13 Å². The molecular weight excluding hydrogens is 274 g/mol. The van der Waals surface area contributed by atoms with Crippen molar-refractivity contribution in [2.24, 2.45) is 5.92 Å². The van der Waals surface area contributed by atoms with E-state index in [1.807, 2.05) is 5.38 Å². The van der Waals surface area contributed by atoms with Gasteiger partial charge in [-0.15, -0.1) is 11.3 Å². The number of unbranched alkanes of at least 4 members (excludes halogenated alkanes) is 2. The Hall–Kier alpha value is -1.43. The number of anilines is 1. The van der Waals surface area contributed by atoms with Gasteiger partial charge in [0.25, 0.3) is 0 Å². The van der Waals surface area contributed by atoms with Gasteiger partial charge >= 0.3 is 0 Å². The quantitative estimate of drug-likeness (QED) is 0.750. The van der Waals surface area contributed by atoms with Gasteiger partial charge in [0.15, 0.2) is 5.13 Å². The number of nitrogens with zero attached hydrogens (tertiary/aromatic N) is 2. The molecule has 110 valence electrons. The molecule has 0 atom stereocenters. The minimum atomic E-state index is -0.162. The summed E-state index contributed by atoms with van der Waals surface area (Å²) >= 11 is 1.38. The lowest BCUT2D eigenvalue weighted by molar-refractivity contribution is -0.135. The van der Waals surface area contributed by atoms with Crippen molar-refractivity contribution in [3.63, 3.8) is 0 Å². The molecule has 0 aliphatic heterocycles. The van der Waals surface area contributed by atoms with Crippen LogP contribution in [0.1, 0.15) is 39.0 Å². The predicted octanol–water partition coefficient (Wildman–Crippen LogP) is 2.51. The second-order valence-electron chi connectivity index (χ2n) is 5.13. The molecule has 1 aliphatic carbocycles. The first-order valence-electron chi connectivity index (χ1n) is 7.19. The van der Waals surface area contributed by atoms with Crippen molar-refractivity contribution >= 4 is 28.3 Å². The van der Waals surface area contributed by atoms with Crippen LogP contribution >= 0.6 is 11.3 Å². The molecule has 0 aromatic carbocycles. The van der Waals surface area contributed by atoms with Gasteiger partial charge in [-0.1, -0.05) is 19.8 Å². The molecule has 0 bridgehead atoms. The zero-order valence-electron chi connectivity index (χ0n) is 11.8. The fraction of sp³-hybridized carbons (Fsp3) is 0.643. The molecule has 1 N–H and O–H groups in total. The molecule has 1 aromatic heterocycles. The van der Waals surface area contributed by atoms with Gasteiger partial charge in [-0.05, 0) is 19.3 Å². The summed E-state index contributed by atoms with van der Waals surface area (Å²) in [6, 6.07) is 0. The Bertz CT molecular complexity index is 443. The van der Waals surface area contributed by atoms with Crippen molar-refractivity contribution in [1.82, 2.24) is 9.88 Å². The average Bonchev–Trinajstić information content (AvgIpc) is 3.16. The number of amides is 2. The first-order chi connectivity index (χ1) is 9.70. The number of rotatable bonds is 8. The van der Waals surface area contributed by atoms with Crippen molar-refractivity contribution in [2.75, 3.05) is 18.4 Å². The van der Waals surface area contributed by atoms with E-state index in [0.717, 1.165) is 32.1 Å². The third-order valence-electron chi connectivity index (χ3n) is 3.28. The lowest BCUT2D eigenvalue weighted by Gasteiger charge is -2.21. The van der Waals surface area contributed by atoms with Crippen molar-refractivity contribution in [3.05, 3.63) is 11.6 Å². The summed E-state index contributed by atoms with van der Waals surface area (Å²) in [4.78, 5) is 29.9. The molecule has 5 nitrogen and oxygen atoms in total. The fourth-order valence-corrected chi connectivity index (χ4v) is 2.57. The first kappa shape index (κ1) is 15.0. The second-order valence-corrected chi connectivity index (χ2v) is 6.02. The van der Waals surface area contributed by atoms with Crippen molar-refractivity contribution in [3.8, 4) is 0 Å². The number of carbonyl (C=O) groups excluding carboxylic acids is 2. The van der Waals surface area contributed by atoms with Crippen molar-refractivity contribution in [2.45, 2.75) is 39.0 Å². The van der Waals surface area contributed by atoms with Crippen LogP contribution in [0, 0.1) is 5.92 Å². The lowest BCUT2D eigenvalue weighted by atomic mass is 10.2. The number of aromatic nitrogens is 1. The zero-order valence-corrected chi connectivity index (χ0v) is 12.6. The smallest absolute Gasteiger partial charge is 0.245 e. The van der Waals surface area contributed by atoms with Crippen LogP contribution in [-0.4, -0.2) is 34.8 Å². The summed E-state index contributed by atoms with van der Waals surface area (Å²) in [7, 11) is 0. The number of thiazole rings is 1. The summed E-state index contributed by atoms with van der Waals surface area (Å²) in [6.07, 6.45) is 6.74. The minimum absolute atomic E-state index is 0.135. The average molecular weight is 295 g/mol. The van der Waals surface area contributed by atoms with Gasteiger partial charge in [0.1, 0.15) is 0 Å². The highest BCUT2D eigenvalue weighted by atomic mass is 32.1. The molecule has 1 saturated carbocycles. The normalized spacial score (nSPS) is 14.1. The molecule has 6 heteroatoms. The topological polar surface area (TPSA) is 62.3 Å². The molecule has 0 saturated heterocycles. The van der Waals surface area contributed by atoms with E-state index in [1.54, 1.807) is 11.1 Å². The summed E-state index contributed by atoms with van der Waals surface area (Å²) in [5, 5.41) is 5.13. The third kappa shape index (κ3) is 4.59. The fourth-order valence-electron chi connectivity index (χ4n) is 2.03. The zero-order chi connectivity index (χ0) is 14.4. The minimum Gasteiger partial charge on any atom is -0.333 e. The van der Waals surface area contributed by atoms with E-state index in [-0.39, 0.29) is 24.3 Å². The Balaban J connectivity index is 1.85. The van der Waals surface area contributed by atoms with E-state index in [0.29, 0.717) is 11.7 Å². The third-order valence-corrected chi connectivity index (χ3v) is 3.97. The molecule has 0 spiro atoms. The van der Waals surface area contributed by atoms with Gasteiger partial charge in [-0.3, -0.25) is 9.59 Å². The Kier molecular flexibility index (Phi) is 5.52. The summed E-state index contributed by atoms with van der Waals surface area (Å²) < 4.78 is 0. The summed E-state index contributed by atoms with van der Waals surface area (Å²) in [5.74, 6) is 0.130. The maximum Gasteiger partial charge on any atom is 0.245 e. The molecule has 1 heterocycles. The molecule has 0 unspecified atom stereocenters. The van der Waals surface area contributed by atoms with E-state index in [4.69, 9.17) is 0 Å². The van der Waals surface area contributed by atoms with E-state index in [1.165, 1.54) is 11.3 Å². The highest BCUT2D eigenvalue weighted by molar-refractivity contribution is 7.13. The van der Waals surface area contributed by atoms with Gasteiger partial charge in [-0.25, -0.2) is 4.98 Å². The molecule has 1 aromatic rings. The molecule has 2 amide bonds. The molecule has 20 heavy (non-hydrogen) atoms. The molecule has 1 aliphatic rings. The number of carbonyl (C=O) groups is 2. The Morgan fingerprint density at radius 1 is 1.45 bits per heavy atom. The SMILES string of the molecule is CCCCCN(CC(=O)Nc1nccs1)C(=O)C1CC1. The number of hydrogen-bond donors (Lipinski definition) is 1. The Morgan fingerprint density at radius 3 is 2.85 bits per heavy atom. The van der Waals surface area contributed by atoms with Crippen LogP contribution in [0.5, 0.6) is 0 Å². The highest BCUT2D eigenvalue weighted by Crippen LogP contribution is 2.31. The molecule has 1 fully saturated rings. The van der Waals surface area contributed by atoms with E-state index in [2.05, 4.69) is 17.2 Å². The van der Waals surface area contributed by atoms with Crippen molar-refractivity contribution < 1.29 is 9.59 Å². The highest BCUT2D eigenvalue weighted by Gasteiger charge is 2.33. The van der Waals surface area contributed by atoms with Crippen LogP contribution in [-0.2, 0) is 9.59 Å². The summed E-state index contributed by atoms with van der Waals surface area (Å²) in [6.45, 7) is 2.94. The van der Waals surface area contributed by atoms with Crippen molar-refractivity contribution in [1.29, 1.82) is 0 Å². The van der Waals surface area contributed by atoms with E-state index < -0.39 is 0 Å². The Morgan fingerprint density at radius 2 is 2.25 bits per heavy atom. The largest absolute Gasteiger partial charge is 0.333 e. The van der Waals surface area contributed by atoms with Crippen LogP contribution in [0.3, 0.4) is 0 Å². The second kappa shape index (κ2) is 7.38. The molecule has 0 radical (unpaired) electrons. The van der Waals surface area contributed by atoms with Gasteiger partial charge in [0.05, 0.1) is 6.54 Å². The van der Waals surface area contributed by atoms with E-state index >= 15 is 0 Å². The van der Waals surface area contributed by atoms with Gasteiger partial charge < -0.3 is 10.2 Å². The molecular formula is C14H21N3O2S. The van der Waals surface area contributed by atoms with Gasteiger partial charge in [-0.2, -0.15) is 0 Å². The standard InChI is InChI=1S/C14H21N3O2S/c1-2-3-4-8-17(13(19)11-5-6-11)10-12(18)16-14-15-7-9-20-14/h7,9,11H,2-6,8,10H2,1H3,(H,15,16,18). The van der Waals surface area contributed by atoms with Crippen LogP contribution in [0.15, 0.2) is 11.6 Å². The maximum absolute atomic E-state index is 12.2. The lowest BCUT2D eigenvalue weighted by Crippen LogP contribution is -2.39. The van der Waals surface area contributed by atoms with Gasteiger partial charge in [0, 0.05) is 24.0 Å². The number of nitrogens with one attached hydrogen (secondary N) is 1. The van der Waals surface area contributed by atoms with Gasteiger partial charge in [0.2, 0.25) is 11.8 Å². The predicted molar refractivity (Wildman–Crippen MR) is 79.6 cm³/mol. The number of hydrogen-bond acceptors (Lipinski definition) is 4. The summed E-state index contributed by atoms with van der Waals surface area (Å²) in [5.41, 5.74) is 0. The van der Waals surface area contributed by atoms with Crippen LogP contribution < -0.4 is 5.32 Å². The molecule has 2 rings (SSSR count). The van der Waals surface area contributed by atoms with E-state index in [9.17, 15) is 9.59 Å².